The standard InChI is InChI=1S/C23H20N2O4/c1-2-3-12-27-17-10-6-4-8-14(17)19-16(13-24)22(25)29-21-15-9-5-7-11-18(15)28-23(26)20(19)21/h4-11,19H,2-3,12,25H2,1H3/t19-/m1/s1. The molecule has 0 radical (unpaired) electrons. The van der Waals surface area contributed by atoms with E-state index >= 15 is 0 Å². The summed E-state index contributed by atoms with van der Waals surface area (Å²) in [7, 11) is 0. The summed E-state index contributed by atoms with van der Waals surface area (Å²) in [5, 5.41) is 10.4. The third-order valence-corrected chi connectivity index (χ3v) is 4.96. The van der Waals surface area contributed by atoms with Crippen LogP contribution in [0.3, 0.4) is 0 Å². The third-order valence-electron chi connectivity index (χ3n) is 4.96. The predicted octanol–water partition coefficient (Wildman–Crippen LogP) is 4.19. The van der Waals surface area contributed by atoms with Crippen molar-refractivity contribution in [2.24, 2.45) is 5.73 Å². The van der Waals surface area contributed by atoms with Gasteiger partial charge >= 0.3 is 5.63 Å². The first-order valence-electron chi connectivity index (χ1n) is 9.50. The van der Waals surface area contributed by atoms with Crippen LogP contribution in [0.5, 0.6) is 11.5 Å². The van der Waals surface area contributed by atoms with Crippen molar-refractivity contribution in [2.45, 2.75) is 25.7 Å². The van der Waals surface area contributed by atoms with Gasteiger partial charge in [0.15, 0.2) is 5.75 Å². The van der Waals surface area contributed by atoms with Crippen molar-refractivity contribution >= 4 is 11.0 Å². The Morgan fingerprint density at radius 2 is 1.93 bits per heavy atom. The van der Waals surface area contributed by atoms with E-state index in [9.17, 15) is 10.1 Å². The van der Waals surface area contributed by atoms with Gasteiger partial charge in [0, 0.05) is 5.56 Å². The zero-order valence-electron chi connectivity index (χ0n) is 16.0. The van der Waals surface area contributed by atoms with Gasteiger partial charge in [0.05, 0.1) is 23.5 Å². The van der Waals surface area contributed by atoms with Crippen LogP contribution in [0.15, 0.2) is 69.2 Å². The molecule has 146 valence electrons. The topological polar surface area (TPSA) is 98.5 Å². The fraction of sp³-hybridized carbons (Fsp3) is 0.217. The van der Waals surface area contributed by atoms with Crippen molar-refractivity contribution < 1.29 is 13.9 Å². The summed E-state index contributed by atoms with van der Waals surface area (Å²) in [4.78, 5) is 12.9. The average Bonchev–Trinajstić information content (AvgIpc) is 2.73. The van der Waals surface area contributed by atoms with E-state index in [0.717, 1.165) is 12.8 Å². The number of rotatable bonds is 5. The molecule has 0 unspecified atom stereocenters. The van der Waals surface area contributed by atoms with Gasteiger partial charge in [-0.25, -0.2) is 4.79 Å². The minimum absolute atomic E-state index is 0.0240. The first-order valence-corrected chi connectivity index (χ1v) is 9.50. The SMILES string of the molecule is CCCCOc1ccccc1[C@@H]1C(C#N)=C(N)Oc2c1c(=O)oc1ccccc21. The molecule has 1 aliphatic rings. The van der Waals surface area contributed by atoms with Crippen LogP contribution in [-0.2, 0) is 0 Å². The lowest BCUT2D eigenvalue weighted by molar-refractivity contribution is 0.305. The Bertz CT molecular complexity index is 1200. The van der Waals surface area contributed by atoms with E-state index in [4.69, 9.17) is 19.6 Å². The smallest absolute Gasteiger partial charge is 0.344 e. The number of nitrogens with zero attached hydrogens (tertiary/aromatic N) is 1. The maximum absolute atomic E-state index is 12.9. The summed E-state index contributed by atoms with van der Waals surface area (Å²) in [5.74, 6) is 0.167. The minimum atomic E-state index is -0.734. The van der Waals surface area contributed by atoms with Crippen molar-refractivity contribution in [3.05, 3.63) is 81.5 Å². The summed E-state index contributed by atoms with van der Waals surface area (Å²) in [6.07, 6.45) is 1.89. The van der Waals surface area contributed by atoms with E-state index in [2.05, 4.69) is 13.0 Å². The number of nitrogens with two attached hydrogens (primary N) is 1. The van der Waals surface area contributed by atoms with E-state index < -0.39 is 11.5 Å². The fourth-order valence-corrected chi connectivity index (χ4v) is 3.55. The summed E-state index contributed by atoms with van der Waals surface area (Å²) in [6, 6.07) is 16.5. The summed E-state index contributed by atoms with van der Waals surface area (Å²) in [6.45, 7) is 2.62. The van der Waals surface area contributed by atoms with Gasteiger partial charge in [0.1, 0.15) is 23.0 Å². The van der Waals surface area contributed by atoms with Gasteiger partial charge in [-0.1, -0.05) is 43.7 Å². The first-order chi connectivity index (χ1) is 14.2. The normalized spacial score (nSPS) is 15.5. The molecular formula is C23H20N2O4. The van der Waals surface area contributed by atoms with E-state index in [-0.39, 0.29) is 17.0 Å². The van der Waals surface area contributed by atoms with Gasteiger partial charge in [-0.3, -0.25) is 0 Å². The molecule has 2 N–H and O–H groups in total. The number of fused-ring (bicyclic) bond motifs is 3. The van der Waals surface area contributed by atoms with Gasteiger partial charge in [0.2, 0.25) is 5.88 Å². The van der Waals surface area contributed by atoms with Crippen molar-refractivity contribution in [2.75, 3.05) is 6.61 Å². The third kappa shape index (κ3) is 3.21. The average molecular weight is 388 g/mol. The van der Waals surface area contributed by atoms with Crippen molar-refractivity contribution in [3.63, 3.8) is 0 Å². The highest BCUT2D eigenvalue weighted by Crippen LogP contribution is 2.45. The second-order valence-corrected chi connectivity index (χ2v) is 6.79. The van der Waals surface area contributed by atoms with Gasteiger partial charge < -0.3 is 19.6 Å². The molecule has 0 saturated carbocycles. The number of nitriles is 1. The number of allylic oxidation sites excluding steroid dienone is 1. The number of ether oxygens (including phenoxy) is 2. The molecule has 1 aromatic heterocycles. The van der Waals surface area contributed by atoms with Crippen LogP contribution < -0.4 is 20.8 Å². The lowest BCUT2D eigenvalue weighted by atomic mass is 9.83. The Balaban J connectivity index is 1.97. The molecular weight excluding hydrogens is 368 g/mol. The fourth-order valence-electron chi connectivity index (χ4n) is 3.55. The number of unbranched alkanes of at least 4 members (excludes halogenated alkanes) is 1. The molecule has 4 rings (SSSR count). The highest BCUT2D eigenvalue weighted by atomic mass is 16.5. The maximum atomic E-state index is 12.9. The van der Waals surface area contributed by atoms with E-state index in [0.29, 0.717) is 34.6 Å². The molecule has 2 heterocycles. The summed E-state index contributed by atoms with van der Waals surface area (Å²) >= 11 is 0. The van der Waals surface area contributed by atoms with Gasteiger partial charge in [-0.2, -0.15) is 5.26 Å². The molecule has 2 aromatic carbocycles. The van der Waals surface area contributed by atoms with Crippen molar-refractivity contribution in [1.29, 1.82) is 5.26 Å². The Morgan fingerprint density at radius 1 is 1.17 bits per heavy atom. The second-order valence-electron chi connectivity index (χ2n) is 6.79. The van der Waals surface area contributed by atoms with Crippen LogP contribution in [0.4, 0.5) is 0 Å². The quantitative estimate of drug-likeness (QED) is 0.520. The monoisotopic (exact) mass is 388 g/mol. The molecule has 29 heavy (non-hydrogen) atoms. The van der Waals surface area contributed by atoms with Gasteiger partial charge in [-0.15, -0.1) is 0 Å². The molecule has 0 amide bonds. The second kappa shape index (κ2) is 7.72. The Morgan fingerprint density at radius 3 is 2.72 bits per heavy atom. The highest BCUT2D eigenvalue weighted by molar-refractivity contribution is 5.86. The van der Waals surface area contributed by atoms with Crippen LogP contribution in [0.1, 0.15) is 36.8 Å². The molecule has 6 heteroatoms. The number of hydrogen-bond acceptors (Lipinski definition) is 6. The van der Waals surface area contributed by atoms with E-state index in [1.54, 1.807) is 18.2 Å². The zero-order chi connectivity index (χ0) is 20.4. The van der Waals surface area contributed by atoms with E-state index in [1.165, 1.54) is 0 Å². The predicted molar refractivity (Wildman–Crippen MR) is 109 cm³/mol. The van der Waals surface area contributed by atoms with E-state index in [1.807, 2.05) is 30.3 Å². The molecule has 0 saturated heterocycles. The lowest BCUT2D eigenvalue weighted by Crippen LogP contribution is -2.26. The molecule has 3 aromatic rings. The van der Waals surface area contributed by atoms with Gasteiger partial charge in [-0.05, 0) is 24.6 Å². The van der Waals surface area contributed by atoms with Crippen molar-refractivity contribution in [1.82, 2.24) is 0 Å². The number of hydrogen-bond donors (Lipinski definition) is 1. The number of para-hydroxylation sites is 2. The Hall–Kier alpha value is -3.72. The minimum Gasteiger partial charge on any atom is -0.493 e. The first kappa shape index (κ1) is 18.6. The molecule has 1 atom stereocenters. The molecule has 0 bridgehead atoms. The zero-order valence-corrected chi connectivity index (χ0v) is 16.0. The molecule has 0 aliphatic carbocycles. The highest BCUT2D eigenvalue weighted by Gasteiger charge is 2.36. The Kier molecular flexibility index (Phi) is 4.96. The van der Waals surface area contributed by atoms with Crippen LogP contribution in [-0.4, -0.2) is 6.61 Å². The molecule has 0 fully saturated rings. The molecule has 6 nitrogen and oxygen atoms in total. The lowest BCUT2D eigenvalue weighted by Gasteiger charge is -2.27. The van der Waals surface area contributed by atoms with Gasteiger partial charge in [0.25, 0.3) is 0 Å². The van der Waals surface area contributed by atoms with Crippen LogP contribution in [0.2, 0.25) is 0 Å². The van der Waals surface area contributed by atoms with Crippen LogP contribution >= 0.6 is 0 Å². The summed E-state index contributed by atoms with van der Waals surface area (Å²) < 4.78 is 17.2. The molecule has 0 spiro atoms. The largest absolute Gasteiger partial charge is 0.493 e. The van der Waals surface area contributed by atoms with Crippen LogP contribution in [0.25, 0.3) is 11.0 Å². The summed E-state index contributed by atoms with van der Waals surface area (Å²) in [5.41, 5.74) is 7.03. The van der Waals surface area contributed by atoms with Crippen LogP contribution in [0, 0.1) is 11.3 Å². The molecule has 1 aliphatic heterocycles. The maximum Gasteiger partial charge on any atom is 0.344 e. The van der Waals surface area contributed by atoms with Crippen molar-refractivity contribution in [3.8, 4) is 17.6 Å². The number of benzene rings is 2. The Labute approximate surface area is 167 Å².